The van der Waals surface area contributed by atoms with Crippen molar-refractivity contribution < 1.29 is 25.2 Å². The summed E-state index contributed by atoms with van der Waals surface area (Å²) in [5.74, 6) is -1.03. The Hall–Kier alpha value is -1.69. The predicted octanol–water partition coefficient (Wildman–Crippen LogP) is 1.51. The van der Waals surface area contributed by atoms with Gasteiger partial charge in [-0.05, 0) is 24.8 Å². The van der Waals surface area contributed by atoms with E-state index in [1.54, 1.807) is 12.2 Å². The molecule has 1 saturated carbocycles. The molecule has 0 saturated heterocycles. The Kier molecular flexibility index (Phi) is 5.93. The summed E-state index contributed by atoms with van der Waals surface area (Å²) in [6.07, 6.45) is 2.12. The molecule has 0 aliphatic heterocycles. The maximum atomic E-state index is 11.1. The van der Waals surface area contributed by atoms with Gasteiger partial charge in [0.25, 0.3) is 0 Å². The van der Waals surface area contributed by atoms with Gasteiger partial charge in [-0.1, -0.05) is 42.5 Å². The normalized spacial score (nSPS) is 29.0. The van der Waals surface area contributed by atoms with E-state index in [-0.39, 0.29) is 19.3 Å². The van der Waals surface area contributed by atoms with E-state index >= 15 is 0 Å². The first-order chi connectivity index (χ1) is 10.9. The number of rotatable bonds is 7. The number of aliphatic carboxylic acids is 1. The van der Waals surface area contributed by atoms with Crippen molar-refractivity contribution in [1.82, 2.24) is 0 Å². The van der Waals surface area contributed by atoms with E-state index < -0.39 is 29.7 Å². The van der Waals surface area contributed by atoms with Crippen molar-refractivity contribution in [1.29, 1.82) is 0 Å². The SMILES string of the molecule is O=C(O)C[C@]1(C=C[C@@H](O)CCc2ccccc2)C[C@H](O)C[C@@H]1O. The molecular formula is C18H24O5. The van der Waals surface area contributed by atoms with Crippen LogP contribution in [0.2, 0.25) is 0 Å². The maximum Gasteiger partial charge on any atom is 0.304 e. The number of aliphatic hydroxyl groups excluding tert-OH is 3. The maximum absolute atomic E-state index is 11.1. The van der Waals surface area contributed by atoms with E-state index in [0.29, 0.717) is 12.8 Å². The largest absolute Gasteiger partial charge is 0.481 e. The van der Waals surface area contributed by atoms with Crippen LogP contribution in [0.15, 0.2) is 42.5 Å². The number of aliphatic hydroxyl groups is 3. The minimum atomic E-state index is -1.03. The van der Waals surface area contributed by atoms with Crippen LogP contribution in [0.1, 0.15) is 31.2 Å². The number of aryl methyl sites for hydroxylation is 1. The minimum Gasteiger partial charge on any atom is -0.481 e. The Labute approximate surface area is 135 Å². The second-order valence-electron chi connectivity index (χ2n) is 6.36. The third-order valence-corrected chi connectivity index (χ3v) is 4.48. The van der Waals surface area contributed by atoms with Crippen LogP contribution >= 0.6 is 0 Å². The van der Waals surface area contributed by atoms with E-state index in [0.717, 1.165) is 5.56 Å². The van der Waals surface area contributed by atoms with Crippen molar-refractivity contribution in [3.63, 3.8) is 0 Å². The van der Waals surface area contributed by atoms with Crippen LogP contribution in [-0.4, -0.2) is 44.7 Å². The smallest absolute Gasteiger partial charge is 0.304 e. The molecule has 1 aliphatic rings. The average Bonchev–Trinajstić information content (AvgIpc) is 2.77. The molecule has 5 heteroatoms. The van der Waals surface area contributed by atoms with Crippen LogP contribution in [0.3, 0.4) is 0 Å². The highest BCUT2D eigenvalue weighted by atomic mass is 16.4. The zero-order chi connectivity index (χ0) is 16.9. The molecule has 1 aliphatic carbocycles. The number of hydrogen-bond donors (Lipinski definition) is 4. The second kappa shape index (κ2) is 7.73. The van der Waals surface area contributed by atoms with E-state index in [2.05, 4.69) is 0 Å². The molecule has 126 valence electrons. The Morgan fingerprint density at radius 3 is 2.57 bits per heavy atom. The van der Waals surface area contributed by atoms with Crippen molar-refractivity contribution in [3.05, 3.63) is 48.0 Å². The lowest BCUT2D eigenvalue weighted by molar-refractivity contribution is -0.140. The highest BCUT2D eigenvalue weighted by Crippen LogP contribution is 2.43. The lowest BCUT2D eigenvalue weighted by atomic mass is 9.80. The monoisotopic (exact) mass is 320 g/mol. The number of benzene rings is 1. The summed E-state index contributed by atoms with van der Waals surface area (Å²) in [5, 5.41) is 39.0. The van der Waals surface area contributed by atoms with Gasteiger partial charge in [-0.25, -0.2) is 0 Å². The van der Waals surface area contributed by atoms with Gasteiger partial charge in [-0.3, -0.25) is 4.79 Å². The topological polar surface area (TPSA) is 98.0 Å². The van der Waals surface area contributed by atoms with Crippen LogP contribution in [0.4, 0.5) is 0 Å². The summed E-state index contributed by atoms with van der Waals surface area (Å²) in [6, 6.07) is 9.78. The van der Waals surface area contributed by atoms with Crippen LogP contribution < -0.4 is 0 Å². The molecule has 2 rings (SSSR count). The third kappa shape index (κ3) is 4.89. The lowest BCUT2D eigenvalue weighted by Gasteiger charge is -2.27. The molecule has 1 fully saturated rings. The van der Waals surface area contributed by atoms with Crippen LogP contribution in [0, 0.1) is 5.41 Å². The summed E-state index contributed by atoms with van der Waals surface area (Å²) in [4.78, 5) is 11.1. The highest BCUT2D eigenvalue weighted by Gasteiger charge is 2.45. The summed E-state index contributed by atoms with van der Waals surface area (Å²) in [6.45, 7) is 0. The Balaban J connectivity index is 1.98. The van der Waals surface area contributed by atoms with Gasteiger partial charge in [0.2, 0.25) is 0 Å². The van der Waals surface area contributed by atoms with E-state index in [1.807, 2.05) is 30.3 Å². The fraction of sp³-hybridized carbons (Fsp3) is 0.500. The zero-order valence-corrected chi connectivity index (χ0v) is 13.0. The number of hydrogen-bond acceptors (Lipinski definition) is 4. The molecule has 4 N–H and O–H groups in total. The van der Waals surface area contributed by atoms with Gasteiger partial charge in [0.1, 0.15) is 0 Å². The van der Waals surface area contributed by atoms with Crippen molar-refractivity contribution in [3.8, 4) is 0 Å². The standard InChI is InChI=1S/C18H24O5/c19-14(7-6-13-4-2-1-3-5-13)8-9-18(12-17(22)23)11-15(20)10-16(18)21/h1-5,8-9,14-16,19-21H,6-7,10-12H2,(H,22,23)/t14-,15+,16-,18-/m0/s1. The summed E-state index contributed by atoms with van der Waals surface area (Å²) >= 11 is 0. The highest BCUT2D eigenvalue weighted by molar-refractivity contribution is 5.68. The first-order valence-corrected chi connectivity index (χ1v) is 7.90. The Morgan fingerprint density at radius 2 is 2.00 bits per heavy atom. The van der Waals surface area contributed by atoms with Crippen LogP contribution in [0.25, 0.3) is 0 Å². The molecule has 0 amide bonds. The summed E-state index contributed by atoms with van der Waals surface area (Å²) in [7, 11) is 0. The number of carbonyl (C=O) groups is 1. The van der Waals surface area contributed by atoms with Gasteiger partial charge in [0.05, 0.1) is 24.7 Å². The fourth-order valence-corrected chi connectivity index (χ4v) is 3.22. The van der Waals surface area contributed by atoms with E-state index in [4.69, 9.17) is 5.11 Å². The molecule has 0 spiro atoms. The van der Waals surface area contributed by atoms with Gasteiger partial charge in [-0.2, -0.15) is 0 Å². The van der Waals surface area contributed by atoms with Gasteiger partial charge in [0, 0.05) is 11.8 Å². The molecule has 0 bridgehead atoms. The Bertz CT molecular complexity index is 542. The van der Waals surface area contributed by atoms with Crippen molar-refractivity contribution in [2.45, 2.75) is 50.4 Å². The van der Waals surface area contributed by atoms with E-state index in [9.17, 15) is 20.1 Å². The average molecular weight is 320 g/mol. The molecule has 5 nitrogen and oxygen atoms in total. The quantitative estimate of drug-likeness (QED) is 0.571. The molecule has 23 heavy (non-hydrogen) atoms. The van der Waals surface area contributed by atoms with Crippen LogP contribution in [0.5, 0.6) is 0 Å². The molecule has 0 aromatic heterocycles. The molecule has 1 aromatic carbocycles. The number of carboxylic acid groups (broad SMARTS) is 1. The van der Waals surface area contributed by atoms with Gasteiger partial charge in [-0.15, -0.1) is 0 Å². The predicted molar refractivity (Wildman–Crippen MR) is 85.8 cm³/mol. The van der Waals surface area contributed by atoms with Crippen LogP contribution in [-0.2, 0) is 11.2 Å². The molecule has 1 aromatic rings. The van der Waals surface area contributed by atoms with Gasteiger partial charge < -0.3 is 20.4 Å². The summed E-state index contributed by atoms with van der Waals surface area (Å²) in [5.41, 5.74) is 0.121. The molecule has 0 unspecified atom stereocenters. The lowest BCUT2D eigenvalue weighted by Crippen LogP contribution is -2.31. The second-order valence-corrected chi connectivity index (χ2v) is 6.36. The zero-order valence-electron chi connectivity index (χ0n) is 13.0. The minimum absolute atomic E-state index is 0.164. The first-order valence-electron chi connectivity index (χ1n) is 7.90. The molecule has 0 radical (unpaired) electrons. The summed E-state index contributed by atoms with van der Waals surface area (Å²) < 4.78 is 0. The molecular weight excluding hydrogens is 296 g/mol. The van der Waals surface area contributed by atoms with Gasteiger partial charge in [0.15, 0.2) is 0 Å². The molecule has 4 atom stereocenters. The van der Waals surface area contributed by atoms with Gasteiger partial charge >= 0.3 is 5.97 Å². The third-order valence-electron chi connectivity index (χ3n) is 4.48. The van der Waals surface area contributed by atoms with Crippen molar-refractivity contribution in [2.75, 3.05) is 0 Å². The van der Waals surface area contributed by atoms with Crippen molar-refractivity contribution >= 4 is 5.97 Å². The number of carboxylic acids is 1. The molecule has 0 heterocycles. The van der Waals surface area contributed by atoms with Crippen molar-refractivity contribution in [2.24, 2.45) is 5.41 Å². The van der Waals surface area contributed by atoms with E-state index in [1.165, 1.54) is 0 Å². The first kappa shape index (κ1) is 17.7. The fourth-order valence-electron chi connectivity index (χ4n) is 3.22. The Morgan fingerprint density at radius 1 is 1.30 bits per heavy atom.